The van der Waals surface area contributed by atoms with Crippen molar-refractivity contribution in [3.05, 3.63) is 0 Å². The summed E-state index contributed by atoms with van der Waals surface area (Å²) in [6.45, 7) is 2.48. The summed E-state index contributed by atoms with van der Waals surface area (Å²) in [7, 11) is 0. The second kappa shape index (κ2) is 5.27. The fraction of sp³-hybridized carbons (Fsp3) is 1.00. The molecule has 0 aromatic carbocycles. The van der Waals surface area contributed by atoms with Crippen molar-refractivity contribution in [1.29, 1.82) is 0 Å². The second-order valence-electron chi connectivity index (χ2n) is 0.641. The SMILES string of the molecule is CCOOSC. The van der Waals surface area contributed by atoms with Crippen LogP contribution in [0.3, 0.4) is 0 Å². The van der Waals surface area contributed by atoms with Crippen molar-refractivity contribution in [2.75, 3.05) is 12.9 Å². The third-order valence-electron chi connectivity index (χ3n) is 0.234. The number of rotatable bonds is 3. The summed E-state index contributed by atoms with van der Waals surface area (Å²) in [6, 6.07) is 0. The van der Waals surface area contributed by atoms with E-state index < -0.39 is 0 Å². The van der Waals surface area contributed by atoms with Crippen molar-refractivity contribution in [2.45, 2.75) is 6.92 Å². The van der Waals surface area contributed by atoms with Gasteiger partial charge in [-0.25, -0.2) is 4.89 Å². The van der Waals surface area contributed by atoms with Gasteiger partial charge in [-0.3, -0.25) is 0 Å². The summed E-state index contributed by atoms with van der Waals surface area (Å²) in [4.78, 5) is 4.45. The van der Waals surface area contributed by atoms with Crippen molar-refractivity contribution in [3.63, 3.8) is 0 Å². The van der Waals surface area contributed by atoms with Gasteiger partial charge in [0.2, 0.25) is 0 Å². The van der Waals surface area contributed by atoms with Gasteiger partial charge in [-0.1, -0.05) is 0 Å². The van der Waals surface area contributed by atoms with Gasteiger partial charge in [-0.15, -0.1) is 0 Å². The van der Waals surface area contributed by atoms with Crippen molar-refractivity contribution in [2.24, 2.45) is 0 Å². The molecule has 0 bridgehead atoms. The van der Waals surface area contributed by atoms with E-state index in [9.17, 15) is 0 Å². The predicted octanol–water partition coefficient (Wildman–Crippen LogP) is 1.23. The minimum Gasteiger partial charge on any atom is -0.225 e. The van der Waals surface area contributed by atoms with Crippen LogP contribution in [0.1, 0.15) is 6.92 Å². The molecule has 0 spiro atoms. The molecule has 0 aromatic heterocycles. The Morgan fingerprint density at radius 1 is 1.67 bits per heavy atom. The summed E-state index contributed by atoms with van der Waals surface area (Å²) in [5, 5.41) is 0. The highest BCUT2D eigenvalue weighted by atomic mass is 32.2. The van der Waals surface area contributed by atoms with Crippen LogP contribution in [0.5, 0.6) is 0 Å². The fourth-order valence-corrected chi connectivity index (χ4v) is 0.289. The van der Waals surface area contributed by atoms with Crippen molar-refractivity contribution in [1.82, 2.24) is 0 Å². The van der Waals surface area contributed by atoms with Gasteiger partial charge in [0, 0.05) is 18.3 Å². The zero-order valence-corrected chi connectivity index (χ0v) is 4.75. The zero-order chi connectivity index (χ0) is 4.83. The van der Waals surface area contributed by atoms with Crippen LogP contribution >= 0.6 is 12.0 Å². The van der Waals surface area contributed by atoms with E-state index >= 15 is 0 Å². The molecule has 0 heterocycles. The zero-order valence-electron chi connectivity index (χ0n) is 3.93. The lowest BCUT2D eigenvalue weighted by molar-refractivity contribution is -0.185. The van der Waals surface area contributed by atoms with E-state index in [1.807, 2.05) is 6.92 Å². The molecule has 0 unspecified atom stereocenters. The lowest BCUT2D eigenvalue weighted by atomic mass is 10.9. The summed E-state index contributed by atoms with van der Waals surface area (Å²) < 4.78 is 4.40. The highest BCUT2D eigenvalue weighted by Crippen LogP contribution is 1.92. The van der Waals surface area contributed by atoms with Crippen molar-refractivity contribution in [3.8, 4) is 0 Å². The quantitative estimate of drug-likeness (QED) is 0.234. The van der Waals surface area contributed by atoms with Gasteiger partial charge >= 0.3 is 0 Å². The Morgan fingerprint density at radius 2 is 2.33 bits per heavy atom. The van der Waals surface area contributed by atoms with Crippen LogP contribution in [0.4, 0.5) is 0 Å². The second-order valence-corrected chi connectivity index (χ2v) is 1.11. The third kappa shape index (κ3) is 4.27. The van der Waals surface area contributed by atoms with Gasteiger partial charge in [0.15, 0.2) is 0 Å². The van der Waals surface area contributed by atoms with Crippen LogP contribution in [0, 0.1) is 0 Å². The Hall–Kier alpha value is 0.270. The Morgan fingerprint density at radius 3 is 2.50 bits per heavy atom. The molecule has 0 radical (unpaired) electrons. The van der Waals surface area contributed by atoms with E-state index in [4.69, 9.17) is 0 Å². The molecular formula is C3H8O2S. The highest BCUT2D eigenvalue weighted by molar-refractivity contribution is 7.93. The molecule has 6 heavy (non-hydrogen) atoms. The number of hydrogen-bond acceptors (Lipinski definition) is 3. The predicted molar refractivity (Wildman–Crippen MR) is 26.2 cm³/mol. The molecule has 0 rings (SSSR count). The molecule has 3 heteroatoms. The molecule has 0 aliphatic carbocycles. The largest absolute Gasteiger partial charge is 0.225 e. The molecule has 38 valence electrons. The van der Waals surface area contributed by atoms with Crippen LogP contribution < -0.4 is 0 Å². The van der Waals surface area contributed by atoms with Gasteiger partial charge in [-0.05, 0) is 6.92 Å². The summed E-state index contributed by atoms with van der Waals surface area (Å²) >= 11 is 1.20. The monoisotopic (exact) mass is 108 g/mol. The molecule has 0 atom stereocenters. The smallest absolute Gasteiger partial charge is 0.0806 e. The van der Waals surface area contributed by atoms with Crippen LogP contribution in [0.25, 0.3) is 0 Å². The van der Waals surface area contributed by atoms with Crippen LogP contribution in [0.2, 0.25) is 0 Å². The maximum absolute atomic E-state index is 4.45. The topological polar surface area (TPSA) is 18.5 Å². The first-order chi connectivity index (χ1) is 2.91. The molecule has 0 aliphatic rings. The molecule has 0 saturated heterocycles. The van der Waals surface area contributed by atoms with Gasteiger partial charge in [0.1, 0.15) is 0 Å². The van der Waals surface area contributed by atoms with E-state index in [0.717, 1.165) is 0 Å². The van der Waals surface area contributed by atoms with Crippen LogP contribution in [-0.4, -0.2) is 12.9 Å². The normalized spacial score (nSPS) is 9.00. The average molecular weight is 108 g/mol. The van der Waals surface area contributed by atoms with E-state index in [1.165, 1.54) is 12.0 Å². The maximum atomic E-state index is 4.45. The van der Waals surface area contributed by atoms with E-state index in [2.05, 4.69) is 9.22 Å². The highest BCUT2D eigenvalue weighted by Gasteiger charge is 1.73. The van der Waals surface area contributed by atoms with Crippen molar-refractivity contribution < 1.29 is 9.22 Å². The standard InChI is InChI=1S/C3H8O2S/c1-3-4-5-6-2/h3H2,1-2H3. The summed E-state index contributed by atoms with van der Waals surface area (Å²) in [5.41, 5.74) is 0. The average Bonchev–Trinajstić information content (AvgIpc) is 1.61. The van der Waals surface area contributed by atoms with E-state index in [-0.39, 0.29) is 0 Å². The van der Waals surface area contributed by atoms with E-state index in [0.29, 0.717) is 6.61 Å². The first-order valence-electron chi connectivity index (χ1n) is 1.74. The molecule has 0 amide bonds. The first kappa shape index (κ1) is 6.27. The Balaban J connectivity index is 2.34. The summed E-state index contributed by atoms with van der Waals surface area (Å²) in [5.74, 6) is 0. The minimum absolute atomic E-state index is 0.612. The lowest BCUT2D eigenvalue weighted by Gasteiger charge is -1.90. The Bertz CT molecular complexity index is 20.8. The lowest BCUT2D eigenvalue weighted by Crippen LogP contribution is -1.81. The maximum Gasteiger partial charge on any atom is 0.0806 e. The van der Waals surface area contributed by atoms with Crippen LogP contribution in [-0.2, 0) is 9.22 Å². The Kier molecular flexibility index (Phi) is 5.51. The summed E-state index contributed by atoms with van der Waals surface area (Å²) in [6.07, 6.45) is 1.80. The molecule has 0 N–H and O–H groups in total. The number of hydrogen-bond donors (Lipinski definition) is 0. The molecule has 0 aromatic rings. The first-order valence-corrected chi connectivity index (χ1v) is 2.89. The van der Waals surface area contributed by atoms with Crippen molar-refractivity contribution >= 4 is 12.0 Å². The molecular weight excluding hydrogens is 100 g/mol. The van der Waals surface area contributed by atoms with Crippen LogP contribution in [0.15, 0.2) is 0 Å². The fourth-order valence-electron chi connectivity index (χ4n) is 0.0962. The Labute approximate surface area is 42.0 Å². The molecule has 0 saturated carbocycles. The van der Waals surface area contributed by atoms with Gasteiger partial charge in [-0.2, -0.15) is 4.33 Å². The third-order valence-corrected chi connectivity index (χ3v) is 0.466. The molecule has 0 fully saturated rings. The molecule has 0 aliphatic heterocycles. The minimum atomic E-state index is 0.612. The van der Waals surface area contributed by atoms with E-state index in [1.54, 1.807) is 6.26 Å². The van der Waals surface area contributed by atoms with Gasteiger partial charge in [0.05, 0.1) is 6.61 Å². The van der Waals surface area contributed by atoms with Gasteiger partial charge in [0.25, 0.3) is 0 Å². The van der Waals surface area contributed by atoms with Gasteiger partial charge < -0.3 is 0 Å². The molecule has 2 nitrogen and oxygen atoms in total.